The molecule has 7 heteroatoms. The van der Waals surface area contributed by atoms with Gasteiger partial charge in [0.15, 0.2) is 5.75 Å². The molecule has 0 aromatic heterocycles. The average molecular weight is 600 g/mol. The number of ketones is 1. The molecule has 0 N–H and O–H groups in total. The Morgan fingerprint density at radius 3 is 1.36 bits per heavy atom. The predicted octanol–water partition coefficient (Wildman–Crippen LogP) is 7.55. The van der Waals surface area contributed by atoms with Crippen LogP contribution in [0.5, 0.6) is 0 Å². The summed E-state index contributed by atoms with van der Waals surface area (Å²) >= 11 is 18.5. The summed E-state index contributed by atoms with van der Waals surface area (Å²) in [7, 11) is -1.97. The van der Waals surface area contributed by atoms with Crippen molar-refractivity contribution >= 4 is 73.1 Å². The van der Waals surface area contributed by atoms with E-state index in [9.17, 15) is 9.00 Å². The summed E-state index contributed by atoms with van der Waals surface area (Å²) < 4.78 is 11.3. The molecule has 4 aromatic carbocycles. The van der Waals surface area contributed by atoms with Gasteiger partial charge in [-0.05, 0) is 36.4 Å². The van der Waals surface area contributed by atoms with Crippen LogP contribution in [0, 0.1) is 0 Å². The maximum absolute atomic E-state index is 11.5. The van der Waals surface area contributed by atoms with Crippen LogP contribution in [0.4, 0.5) is 0 Å². The first kappa shape index (κ1) is 31.2. The molecule has 2 nitrogen and oxygen atoms in total. The lowest BCUT2D eigenvalue weighted by Gasteiger charge is -2.48. The second-order valence-electron chi connectivity index (χ2n) is 10.3. The van der Waals surface area contributed by atoms with E-state index in [2.05, 4.69) is 50.2 Å². The lowest BCUT2D eigenvalue weighted by molar-refractivity contribution is 0.102. The molecule has 0 heterocycles. The van der Waals surface area contributed by atoms with Crippen LogP contribution in [0.1, 0.15) is 30.6 Å². The van der Waals surface area contributed by atoms with Gasteiger partial charge in [0.25, 0.3) is 0 Å². The zero-order valence-electron chi connectivity index (χ0n) is 22.7. The van der Waals surface area contributed by atoms with Crippen LogP contribution in [0.15, 0.2) is 103 Å². The minimum atomic E-state index is -1.97. The maximum atomic E-state index is 11.5. The van der Waals surface area contributed by atoms with E-state index in [0.29, 0.717) is 11.4 Å². The normalized spacial score (nSPS) is 12.3. The second kappa shape index (κ2) is 13.8. The quantitative estimate of drug-likeness (QED) is 0.119. The van der Waals surface area contributed by atoms with Crippen molar-refractivity contribution in [3.63, 3.8) is 0 Å². The molecular formula is C32H34BCl3O2S. The van der Waals surface area contributed by atoms with Gasteiger partial charge in [0, 0.05) is 20.6 Å². The first-order valence-electron chi connectivity index (χ1n) is 12.9. The molecule has 0 spiro atoms. The third-order valence-corrected chi connectivity index (χ3v) is 8.97. The number of Topliss-reactive ketones (excluding diaryl/α,β-unsaturated/α-hetero) is 1. The molecule has 39 heavy (non-hydrogen) atoms. The number of hydrogen-bond acceptors (Lipinski definition) is 2. The van der Waals surface area contributed by atoms with E-state index in [1.165, 1.54) is 16.4 Å². The van der Waals surface area contributed by atoms with Crippen LogP contribution in [0.2, 0.25) is 20.9 Å². The lowest BCUT2D eigenvalue weighted by Crippen LogP contribution is -2.69. The Kier molecular flexibility index (Phi) is 11.0. The minimum Gasteiger partial charge on any atom is -0.289 e. The fraction of sp³-hybridized carbons (Fsp3) is 0.219. The fourth-order valence-corrected chi connectivity index (χ4v) is 6.41. The summed E-state index contributed by atoms with van der Waals surface area (Å²) in [5.41, 5.74) is 4.45. The van der Waals surface area contributed by atoms with Crippen LogP contribution < -0.4 is 16.4 Å². The van der Waals surface area contributed by atoms with E-state index in [0.717, 1.165) is 21.5 Å². The van der Waals surface area contributed by atoms with Crippen molar-refractivity contribution in [2.45, 2.75) is 26.1 Å². The number of benzene rings is 4. The number of hydrogen-bond donors (Lipinski definition) is 0. The van der Waals surface area contributed by atoms with Gasteiger partial charge in [-0.1, -0.05) is 122 Å². The van der Waals surface area contributed by atoms with Gasteiger partial charge in [0.1, 0.15) is 12.5 Å². The van der Waals surface area contributed by atoms with E-state index in [1.807, 2.05) is 42.5 Å². The van der Waals surface area contributed by atoms with E-state index in [4.69, 9.17) is 34.8 Å². The Balaban J connectivity index is 0.000000272. The van der Waals surface area contributed by atoms with Crippen LogP contribution >= 0.6 is 34.8 Å². The van der Waals surface area contributed by atoms with Gasteiger partial charge < -0.3 is 0 Å². The molecule has 0 fully saturated rings. The van der Waals surface area contributed by atoms with E-state index in [1.54, 1.807) is 36.8 Å². The van der Waals surface area contributed by atoms with E-state index < -0.39 is 16.1 Å². The Bertz CT molecular complexity index is 1290. The topological polar surface area (TPSA) is 34.1 Å². The average Bonchev–Trinajstić information content (AvgIpc) is 2.91. The molecule has 0 radical (unpaired) electrons. The second-order valence-corrected chi connectivity index (χ2v) is 14.8. The van der Waals surface area contributed by atoms with Crippen molar-refractivity contribution in [1.82, 2.24) is 0 Å². The highest BCUT2D eigenvalue weighted by molar-refractivity contribution is 8.02. The molecule has 0 aliphatic carbocycles. The summed E-state index contributed by atoms with van der Waals surface area (Å²) in [6, 6.07) is 33.7. The molecule has 0 aliphatic rings. The van der Waals surface area contributed by atoms with Gasteiger partial charge in [-0.3, -0.25) is 4.79 Å². The molecule has 0 bridgehead atoms. The monoisotopic (exact) mass is 598 g/mol. The predicted molar refractivity (Wildman–Crippen MR) is 174 cm³/mol. The molecule has 4 rings (SSSR count). The van der Waals surface area contributed by atoms with Crippen LogP contribution in [-0.4, -0.2) is 30.2 Å². The number of rotatable bonds is 8. The van der Waals surface area contributed by atoms with Gasteiger partial charge >= 0.3 is 0 Å². The number of carbonyl (C=O) groups excluding carboxylic acids is 1. The zero-order chi connectivity index (χ0) is 28.6. The van der Waals surface area contributed by atoms with Gasteiger partial charge in [-0.15, -0.1) is 4.21 Å². The highest BCUT2D eigenvalue weighted by Gasteiger charge is 2.34. The third-order valence-electron chi connectivity index (χ3n) is 7.26. The maximum Gasteiger partial charge on any atom is 0.211 e. The SMILES string of the molecule is CCC(C)[B-](c1ccc(Cl)cc1)(c1ccc(Cl)cc1)c1ccc(Cl)cc1.C[S+](C)(=O)CC(=O)c1ccccc1. The van der Waals surface area contributed by atoms with E-state index >= 15 is 0 Å². The minimum absolute atomic E-state index is 0.0457. The van der Waals surface area contributed by atoms with Gasteiger partial charge in [-0.2, -0.15) is 22.2 Å². The number of carbonyl (C=O) groups is 1. The molecule has 0 saturated heterocycles. The Morgan fingerprint density at radius 1 is 0.692 bits per heavy atom. The summed E-state index contributed by atoms with van der Waals surface area (Å²) in [5, 5.41) is 2.24. The summed E-state index contributed by atoms with van der Waals surface area (Å²) in [4.78, 5) is 11.5. The van der Waals surface area contributed by atoms with E-state index in [-0.39, 0.29) is 11.5 Å². The van der Waals surface area contributed by atoms with Crippen molar-refractivity contribution in [3.05, 3.63) is 124 Å². The first-order chi connectivity index (χ1) is 18.5. The fourth-order valence-electron chi connectivity index (χ4n) is 5.24. The van der Waals surface area contributed by atoms with Crippen molar-refractivity contribution in [1.29, 1.82) is 0 Å². The summed E-state index contributed by atoms with van der Waals surface area (Å²) in [5.74, 6) is 0.505. The molecule has 0 saturated carbocycles. The molecule has 204 valence electrons. The van der Waals surface area contributed by atoms with Crippen molar-refractivity contribution in [2.75, 3.05) is 18.3 Å². The first-order valence-corrected chi connectivity index (χ1v) is 16.6. The van der Waals surface area contributed by atoms with Gasteiger partial charge in [-0.25, -0.2) is 0 Å². The lowest BCUT2D eigenvalue weighted by atomic mass is 9.10. The molecule has 4 aromatic rings. The van der Waals surface area contributed by atoms with Crippen LogP contribution in [0.3, 0.4) is 0 Å². The molecular weight excluding hydrogens is 566 g/mol. The van der Waals surface area contributed by atoms with Crippen LogP contribution in [0.25, 0.3) is 0 Å². The highest BCUT2D eigenvalue weighted by Crippen LogP contribution is 2.27. The molecule has 0 amide bonds. The molecule has 1 atom stereocenters. The van der Waals surface area contributed by atoms with Crippen molar-refractivity contribution in [2.24, 2.45) is 0 Å². The molecule has 1 unspecified atom stereocenters. The zero-order valence-corrected chi connectivity index (χ0v) is 25.8. The highest BCUT2D eigenvalue weighted by atomic mass is 35.5. The number of halogens is 3. The van der Waals surface area contributed by atoms with Crippen molar-refractivity contribution < 1.29 is 9.00 Å². The molecule has 0 aliphatic heterocycles. The van der Waals surface area contributed by atoms with Crippen LogP contribution in [-0.2, 0) is 14.1 Å². The largest absolute Gasteiger partial charge is 0.289 e. The van der Waals surface area contributed by atoms with Gasteiger partial charge in [0.2, 0.25) is 5.78 Å². The smallest absolute Gasteiger partial charge is 0.211 e. The summed E-state index contributed by atoms with van der Waals surface area (Å²) in [6.45, 7) is 4.56. The third kappa shape index (κ3) is 8.08. The Labute approximate surface area is 249 Å². The summed E-state index contributed by atoms with van der Waals surface area (Å²) in [6.07, 6.45) is 3.07. The Hall–Kier alpha value is -2.37. The Morgan fingerprint density at radius 2 is 1.05 bits per heavy atom. The van der Waals surface area contributed by atoms with Gasteiger partial charge in [0.05, 0.1) is 16.1 Å². The standard InChI is InChI=1S/C22H21BCl3.C10H13O2S/c1-3-16(2)23(17-4-10-20(24)11-5-17,18-6-12-21(25)13-7-18)19-8-14-22(26)15-9-19;1-13(2,12)8-10(11)9-6-4-3-5-7-9/h4-16H,3H2,1-2H3;3-7H,8H2,1-2H3/q-1;+1. The van der Waals surface area contributed by atoms with Crippen molar-refractivity contribution in [3.8, 4) is 0 Å².